The lowest BCUT2D eigenvalue weighted by Crippen LogP contribution is -2.18. The predicted molar refractivity (Wildman–Crippen MR) is 74.3 cm³/mol. The van der Waals surface area contributed by atoms with Gasteiger partial charge in [-0.25, -0.2) is 4.98 Å². The minimum absolute atomic E-state index is 0.709. The van der Waals surface area contributed by atoms with Gasteiger partial charge in [-0.1, -0.05) is 6.92 Å². The zero-order valence-corrected chi connectivity index (χ0v) is 11.8. The molecule has 2 aromatic heterocycles. The molecular formula is C14H21N5. The quantitative estimate of drug-likeness (QED) is 0.889. The summed E-state index contributed by atoms with van der Waals surface area (Å²) < 4.78 is 4.12. The average Bonchev–Trinajstić information content (AvgIpc) is 3.02. The molecule has 1 saturated carbocycles. The first-order valence-electron chi connectivity index (χ1n) is 6.99. The van der Waals surface area contributed by atoms with Crippen molar-refractivity contribution >= 4 is 0 Å². The van der Waals surface area contributed by atoms with Crippen molar-refractivity contribution in [3.8, 4) is 5.82 Å². The highest BCUT2D eigenvalue weighted by atomic mass is 15.3. The Morgan fingerprint density at radius 2 is 2.21 bits per heavy atom. The number of nitrogens with zero attached hydrogens (tertiary/aromatic N) is 4. The number of imidazole rings is 1. The van der Waals surface area contributed by atoms with Gasteiger partial charge in [-0.2, -0.15) is 5.10 Å². The molecule has 0 amide bonds. The molecule has 19 heavy (non-hydrogen) atoms. The maximum atomic E-state index is 4.57. The lowest BCUT2D eigenvalue weighted by atomic mass is 10.2. The van der Waals surface area contributed by atoms with Crippen LogP contribution in [-0.4, -0.2) is 25.4 Å². The molecule has 5 heteroatoms. The molecule has 1 aliphatic rings. The van der Waals surface area contributed by atoms with E-state index in [1.165, 1.54) is 18.4 Å². The Labute approximate surface area is 113 Å². The molecule has 0 spiro atoms. The van der Waals surface area contributed by atoms with Crippen LogP contribution in [0.25, 0.3) is 5.82 Å². The summed E-state index contributed by atoms with van der Waals surface area (Å²) in [6, 6.07) is 0.709. The first kappa shape index (κ1) is 12.4. The van der Waals surface area contributed by atoms with E-state index in [4.69, 9.17) is 0 Å². The first-order valence-corrected chi connectivity index (χ1v) is 6.99. The second-order valence-corrected chi connectivity index (χ2v) is 5.23. The highest BCUT2D eigenvalue weighted by Gasteiger charge is 2.23. The summed E-state index contributed by atoms with van der Waals surface area (Å²) in [5, 5.41) is 8.15. The monoisotopic (exact) mass is 259 g/mol. The van der Waals surface area contributed by atoms with E-state index in [0.29, 0.717) is 6.04 Å². The lowest BCUT2D eigenvalue weighted by Gasteiger charge is -2.11. The van der Waals surface area contributed by atoms with Gasteiger partial charge in [-0.3, -0.25) is 9.25 Å². The van der Waals surface area contributed by atoms with Crippen LogP contribution in [0.5, 0.6) is 0 Å². The third-order valence-electron chi connectivity index (χ3n) is 3.72. The van der Waals surface area contributed by atoms with Crippen LogP contribution >= 0.6 is 0 Å². The molecule has 0 aromatic carbocycles. The van der Waals surface area contributed by atoms with Crippen molar-refractivity contribution in [1.82, 2.24) is 24.6 Å². The molecule has 2 heterocycles. The third-order valence-corrected chi connectivity index (χ3v) is 3.72. The topological polar surface area (TPSA) is 47.7 Å². The first-order chi connectivity index (χ1) is 9.20. The zero-order valence-electron chi connectivity index (χ0n) is 11.8. The van der Waals surface area contributed by atoms with Gasteiger partial charge < -0.3 is 5.32 Å². The van der Waals surface area contributed by atoms with Crippen LogP contribution in [0, 0.1) is 6.92 Å². The van der Waals surface area contributed by atoms with Crippen LogP contribution in [0.3, 0.4) is 0 Å². The normalized spacial score (nSPS) is 15.1. The van der Waals surface area contributed by atoms with E-state index >= 15 is 0 Å². The Bertz CT molecular complexity index is 577. The minimum Gasteiger partial charge on any atom is -0.310 e. The highest BCUT2D eigenvalue weighted by Crippen LogP contribution is 2.23. The number of hydrogen-bond acceptors (Lipinski definition) is 3. The van der Waals surface area contributed by atoms with Crippen molar-refractivity contribution in [2.45, 2.75) is 45.7 Å². The molecule has 0 unspecified atom stereocenters. The maximum Gasteiger partial charge on any atom is 0.140 e. The molecule has 1 fully saturated rings. The van der Waals surface area contributed by atoms with E-state index in [2.05, 4.69) is 33.8 Å². The number of aryl methyl sites for hydroxylation is 3. The summed E-state index contributed by atoms with van der Waals surface area (Å²) in [5.74, 6) is 2.22. The molecule has 0 bridgehead atoms. The van der Waals surface area contributed by atoms with Crippen LogP contribution in [0.4, 0.5) is 0 Å². The van der Waals surface area contributed by atoms with Crippen molar-refractivity contribution in [3.05, 3.63) is 29.5 Å². The summed E-state index contributed by atoms with van der Waals surface area (Å²) >= 11 is 0. The summed E-state index contributed by atoms with van der Waals surface area (Å²) in [5.41, 5.74) is 2.38. The molecular weight excluding hydrogens is 238 g/mol. The third kappa shape index (κ3) is 2.30. The molecule has 102 valence electrons. The number of rotatable bonds is 5. The summed E-state index contributed by atoms with van der Waals surface area (Å²) in [6.45, 7) is 5.10. The molecule has 5 nitrogen and oxygen atoms in total. The number of hydrogen-bond donors (Lipinski definition) is 1. The van der Waals surface area contributed by atoms with Crippen LogP contribution in [0.2, 0.25) is 0 Å². The average molecular weight is 259 g/mol. The van der Waals surface area contributed by atoms with E-state index in [-0.39, 0.29) is 0 Å². The van der Waals surface area contributed by atoms with Crippen molar-refractivity contribution in [2.24, 2.45) is 7.05 Å². The Hall–Kier alpha value is -1.62. The van der Waals surface area contributed by atoms with Gasteiger partial charge in [0.2, 0.25) is 0 Å². The highest BCUT2D eigenvalue weighted by molar-refractivity contribution is 5.39. The van der Waals surface area contributed by atoms with Gasteiger partial charge in [0.25, 0.3) is 0 Å². The number of aromatic nitrogens is 4. The Morgan fingerprint density at radius 1 is 1.42 bits per heavy atom. The molecule has 0 radical (unpaired) electrons. The minimum atomic E-state index is 0.709. The van der Waals surface area contributed by atoms with Crippen molar-refractivity contribution in [2.75, 3.05) is 0 Å². The Kier molecular flexibility index (Phi) is 3.14. The fourth-order valence-corrected chi connectivity index (χ4v) is 2.52. The summed E-state index contributed by atoms with van der Waals surface area (Å²) in [7, 11) is 2.00. The standard InChI is InChI=1S/C14H21N5/c1-4-13-15-7-8-19(13)14-12(9-16-11-5-6-11)10(2)17-18(14)3/h7-8,11,16H,4-6,9H2,1-3H3. The smallest absolute Gasteiger partial charge is 0.140 e. The maximum absolute atomic E-state index is 4.57. The molecule has 0 atom stereocenters. The molecule has 1 aliphatic carbocycles. The van der Waals surface area contributed by atoms with E-state index in [9.17, 15) is 0 Å². The summed E-state index contributed by atoms with van der Waals surface area (Å²) in [4.78, 5) is 4.41. The molecule has 0 saturated heterocycles. The van der Waals surface area contributed by atoms with Gasteiger partial charge in [-0.05, 0) is 19.8 Å². The van der Waals surface area contributed by atoms with E-state index in [0.717, 1.165) is 30.3 Å². The van der Waals surface area contributed by atoms with E-state index < -0.39 is 0 Å². The fourth-order valence-electron chi connectivity index (χ4n) is 2.52. The second-order valence-electron chi connectivity index (χ2n) is 5.23. The largest absolute Gasteiger partial charge is 0.310 e. The SMILES string of the molecule is CCc1nccn1-c1c(CNC2CC2)c(C)nn1C. The van der Waals surface area contributed by atoms with Crippen molar-refractivity contribution in [3.63, 3.8) is 0 Å². The van der Waals surface area contributed by atoms with Gasteiger partial charge in [0.15, 0.2) is 0 Å². The van der Waals surface area contributed by atoms with Crippen molar-refractivity contribution < 1.29 is 0 Å². The summed E-state index contributed by atoms with van der Waals surface area (Å²) in [6.07, 6.45) is 7.42. The van der Waals surface area contributed by atoms with Gasteiger partial charge in [0.1, 0.15) is 11.6 Å². The van der Waals surface area contributed by atoms with Gasteiger partial charge in [-0.15, -0.1) is 0 Å². The molecule has 3 rings (SSSR count). The van der Waals surface area contributed by atoms with Gasteiger partial charge in [0, 0.05) is 44.0 Å². The molecule has 2 aromatic rings. The Balaban J connectivity index is 1.98. The predicted octanol–water partition coefficient (Wildman–Crippen LogP) is 1.73. The van der Waals surface area contributed by atoms with Crippen LogP contribution < -0.4 is 5.32 Å². The van der Waals surface area contributed by atoms with Crippen LogP contribution in [-0.2, 0) is 20.0 Å². The molecule has 0 aliphatic heterocycles. The van der Waals surface area contributed by atoms with Crippen LogP contribution in [0.1, 0.15) is 36.8 Å². The zero-order chi connectivity index (χ0) is 13.4. The van der Waals surface area contributed by atoms with E-state index in [1.807, 2.05) is 24.1 Å². The van der Waals surface area contributed by atoms with E-state index in [1.54, 1.807) is 0 Å². The van der Waals surface area contributed by atoms with Crippen LogP contribution in [0.15, 0.2) is 12.4 Å². The number of nitrogens with one attached hydrogen (secondary N) is 1. The molecule has 1 N–H and O–H groups in total. The van der Waals surface area contributed by atoms with Gasteiger partial charge in [0.05, 0.1) is 5.69 Å². The van der Waals surface area contributed by atoms with Gasteiger partial charge >= 0.3 is 0 Å². The lowest BCUT2D eigenvalue weighted by molar-refractivity contribution is 0.673. The van der Waals surface area contributed by atoms with Crippen molar-refractivity contribution in [1.29, 1.82) is 0 Å². The Morgan fingerprint density at radius 3 is 2.89 bits per heavy atom. The fraction of sp³-hybridized carbons (Fsp3) is 0.571. The second kappa shape index (κ2) is 4.81.